The quantitative estimate of drug-likeness (QED) is 0.257. The Bertz CT molecular complexity index is 1620. The molecule has 0 radical (unpaired) electrons. The van der Waals surface area contributed by atoms with Gasteiger partial charge >= 0.3 is 0 Å². The number of halogens is 2. The molecule has 3 aromatic carbocycles. The Hall–Kier alpha value is -3.64. The summed E-state index contributed by atoms with van der Waals surface area (Å²) in [7, 11) is -3.47. The first-order chi connectivity index (χ1) is 18.0. The van der Waals surface area contributed by atoms with Gasteiger partial charge in [0.15, 0.2) is 0 Å². The molecule has 0 saturated heterocycles. The van der Waals surface area contributed by atoms with Crippen LogP contribution in [0.25, 0.3) is 11.1 Å². The van der Waals surface area contributed by atoms with E-state index in [1.54, 1.807) is 18.2 Å². The third-order valence-electron chi connectivity index (χ3n) is 6.02. The predicted octanol–water partition coefficient (Wildman–Crippen LogP) is 6.60. The molecule has 0 spiro atoms. The molecule has 1 N–H and O–H groups in total. The number of benzene rings is 3. The topological polar surface area (TPSA) is 105 Å². The van der Waals surface area contributed by atoms with E-state index in [-0.39, 0.29) is 12.6 Å². The van der Waals surface area contributed by atoms with Crippen molar-refractivity contribution >= 4 is 39.2 Å². The Morgan fingerprint density at radius 3 is 2.32 bits per heavy atom. The van der Waals surface area contributed by atoms with E-state index in [2.05, 4.69) is 34.6 Å². The van der Waals surface area contributed by atoms with E-state index in [1.807, 2.05) is 48.5 Å². The molecule has 194 valence electrons. The van der Waals surface area contributed by atoms with E-state index in [1.165, 1.54) is 6.20 Å². The first-order valence-corrected chi connectivity index (χ1v) is 14.1. The Labute approximate surface area is 232 Å². The van der Waals surface area contributed by atoms with Crippen molar-refractivity contribution < 1.29 is 13.2 Å². The SMILES string of the molecule is CC(C)(c1ccc(OCc2ccnc(NS(C)(=O)=O)n2)cc1)c1cc(Cl)c(-c2ccc(Cl)cc2)c(C#N)c1. The van der Waals surface area contributed by atoms with Gasteiger partial charge in [-0.05, 0) is 59.2 Å². The minimum Gasteiger partial charge on any atom is -0.487 e. The number of sulfonamides is 1. The number of hydrogen-bond acceptors (Lipinski definition) is 6. The van der Waals surface area contributed by atoms with Gasteiger partial charge in [-0.25, -0.2) is 18.4 Å². The van der Waals surface area contributed by atoms with Crippen molar-refractivity contribution in [2.45, 2.75) is 25.9 Å². The van der Waals surface area contributed by atoms with Crippen LogP contribution in [0, 0.1) is 11.3 Å². The average Bonchev–Trinajstić information content (AvgIpc) is 2.87. The number of aromatic nitrogens is 2. The fourth-order valence-corrected chi connectivity index (χ4v) is 4.83. The van der Waals surface area contributed by atoms with Crippen LogP contribution in [0.4, 0.5) is 5.95 Å². The number of ether oxygens (including phenoxy) is 1. The van der Waals surface area contributed by atoms with Crippen LogP contribution in [0.1, 0.15) is 36.2 Å². The molecule has 0 atom stereocenters. The molecule has 7 nitrogen and oxygen atoms in total. The van der Waals surface area contributed by atoms with Gasteiger partial charge in [0, 0.05) is 22.2 Å². The highest BCUT2D eigenvalue weighted by atomic mass is 35.5. The summed E-state index contributed by atoms with van der Waals surface area (Å²) in [5, 5.41) is 11.0. The van der Waals surface area contributed by atoms with Gasteiger partial charge in [0.1, 0.15) is 12.4 Å². The lowest BCUT2D eigenvalue weighted by atomic mass is 9.77. The highest BCUT2D eigenvalue weighted by Gasteiger charge is 2.26. The molecule has 0 aliphatic rings. The lowest BCUT2D eigenvalue weighted by Gasteiger charge is -2.27. The molecule has 1 aromatic heterocycles. The summed E-state index contributed by atoms with van der Waals surface area (Å²) in [6, 6.07) is 22.5. The summed E-state index contributed by atoms with van der Waals surface area (Å²) in [4.78, 5) is 8.06. The molecule has 0 fully saturated rings. The van der Waals surface area contributed by atoms with Crippen LogP contribution < -0.4 is 9.46 Å². The molecule has 38 heavy (non-hydrogen) atoms. The van der Waals surface area contributed by atoms with Gasteiger partial charge in [-0.1, -0.05) is 61.3 Å². The second kappa shape index (κ2) is 11.0. The van der Waals surface area contributed by atoms with E-state index in [0.717, 1.165) is 22.9 Å². The number of nitrogens with zero attached hydrogens (tertiary/aromatic N) is 3. The summed E-state index contributed by atoms with van der Waals surface area (Å²) in [5.74, 6) is 0.609. The van der Waals surface area contributed by atoms with Crippen molar-refractivity contribution in [3.05, 3.63) is 105 Å². The molecular weight excluding hydrogens is 543 g/mol. The van der Waals surface area contributed by atoms with Gasteiger partial charge in [-0.2, -0.15) is 5.26 Å². The lowest BCUT2D eigenvalue weighted by Crippen LogP contribution is -2.19. The maximum atomic E-state index is 11.4. The maximum absolute atomic E-state index is 11.4. The van der Waals surface area contributed by atoms with Crippen LogP contribution in [0.2, 0.25) is 10.0 Å². The number of anilines is 1. The largest absolute Gasteiger partial charge is 0.487 e. The molecule has 4 aromatic rings. The normalized spacial score (nSPS) is 11.6. The molecule has 10 heteroatoms. The highest BCUT2D eigenvalue weighted by Crippen LogP contribution is 2.39. The van der Waals surface area contributed by atoms with Gasteiger partial charge in [0.05, 0.1) is 28.6 Å². The molecular formula is C28H24Cl2N4O3S. The van der Waals surface area contributed by atoms with E-state index in [0.29, 0.717) is 32.6 Å². The van der Waals surface area contributed by atoms with Crippen molar-refractivity contribution in [3.63, 3.8) is 0 Å². The summed E-state index contributed by atoms with van der Waals surface area (Å²) in [6.07, 6.45) is 2.50. The monoisotopic (exact) mass is 566 g/mol. The summed E-state index contributed by atoms with van der Waals surface area (Å²) >= 11 is 12.7. The summed E-state index contributed by atoms with van der Waals surface area (Å²) in [5.41, 5.74) is 3.96. The Kier molecular flexibility index (Phi) is 7.93. The molecule has 0 unspecified atom stereocenters. The first-order valence-electron chi connectivity index (χ1n) is 11.5. The van der Waals surface area contributed by atoms with Crippen molar-refractivity contribution in [1.82, 2.24) is 9.97 Å². The number of nitriles is 1. The molecule has 0 saturated carbocycles. The van der Waals surface area contributed by atoms with Gasteiger partial charge in [-0.15, -0.1) is 0 Å². The predicted molar refractivity (Wildman–Crippen MR) is 150 cm³/mol. The lowest BCUT2D eigenvalue weighted by molar-refractivity contribution is 0.301. The fraction of sp³-hybridized carbons (Fsp3) is 0.179. The van der Waals surface area contributed by atoms with Gasteiger partial charge in [0.25, 0.3) is 0 Å². The molecule has 4 rings (SSSR count). The van der Waals surface area contributed by atoms with Crippen LogP contribution >= 0.6 is 23.2 Å². The van der Waals surface area contributed by atoms with Crippen LogP contribution in [0.5, 0.6) is 5.75 Å². The highest BCUT2D eigenvalue weighted by molar-refractivity contribution is 7.91. The van der Waals surface area contributed by atoms with Gasteiger partial charge < -0.3 is 4.74 Å². The molecule has 0 aliphatic carbocycles. The van der Waals surface area contributed by atoms with Crippen molar-refractivity contribution in [3.8, 4) is 22.9 Å². The van der Waals surface area contributed by atoms with Crippen molar-refractivity contribution in [1.29, 1.82) is 5.26 Å². The summed E-state index contributed by atoms with van der Waals surface area (Å²) < 4.78 is 30.9. The number of rotatable bonds is 8. The fourth-order valence-electron chi connectivity index (χ4n) is 3.95. The zero-order valence-electron chi connectivity index (χ0n) is 20.9. The van der Waals surface area contributed by atoms with Crippen LogP contribution in [0.15, 0.2) is 72.9 Å². The minimum absolute atomic E-state index is 0.0109. The standard InChI is InChI=1S/C28H24Cl2N4O3S/c1-28(2,21-14-19(16-31)26(25(30)15-21)18-4-8-22(29)9-5-18)20-6-10-24(11-7-20)37-17-23-12-13-32-27(33-23)34-38(3,35)36/h4-15H,17H2,1-3H3,(H,32,33,34). The molecule has 0 amide bonds. The van der Waals surface area contributed by atoms with Gasteiger partial charge in [-0.3, -0.25) is 4.72 Å². The van der Waals surface area contributed by atoms with Crippen LogP contribution in [-0.4, -0.2) is 24.6 Å². The summed E-state index contributed by atoms with van der Waals surface area (Å²) in [6.45, 7) is 4.26. The van der Waals surface area contributed by atoms with Crippen LogP contribution in [0.3, 0.4) is 0 Å². The Morgan fingerprint density at radius 2 is 1.68 bits per heavy atom. The minimum atomic E-state index is -3.47. The number of hydrogen-bond donors (Lipinski definition) is 1. The van der Waals surface area contributed by atoms with E-state index in [9.17, 15) is 13.7 Å². The smallest absolute Gasteiger partial charge is 0.236 e. The van der Waals surface area contributed by atoms with E-state index >= 15 is 0 Å². The molecule has 0 aliphatic heterocycles. The zero-order chi connectivity index (χ0) is 27.5. The average molecular weight is 567 g/mol. The maximum Gasteiger partial charge on any atom is 0.236 e. The first kappa shape index (κ1) is 27.4. The third kappa shape index (κ3) is 6.43. The van der Waals surface area contributed by atoms with Gasteiger partial charge in [0.2, 0.25) is 16.0 Å². The Balaban J connectivity index is 1.53. The molecule has 0 bridgehead atoms. The third-order valence-corrected chi connectivity index (χ3v) is 7.12. The number of nitrogens with one attached hydrogen (secondary N) is 1. The van der Waals surface area contributed by atoms with E-state index < -0.39 is 15.4 Å². The van der Waals surface area contributed by atoms with E-state index in [4.69, 9.17) is 27.9 Å². The molecule has 1 heterocycles. The van der Waals surface area contributed by atoms with Crippen molar-refractivity contribution in [2.24, 2.45) is 0 Å². The zero-order valence-corrected chi connectivity index (χ0v) is 23.2. The second-order valence-corrected chi connectivity index (χ2v) is 11.8. The van der Waals surface area contributed by atoms with Crippen LogP contribution in [-0.2, 0) is 22.0 Å². The van der Waals surface area contributed by atoms with Crippen molar-refractivity contribution in [2.75, 3.05) is 11.0 Å². The second-order valence-electron chi connectivity index (χ2n) is 9.18. The Morgan fingerprint density at radius 1 is 1.00 bits per heavy atom.